The van der Waals surface area contributed by atoms with E-state index >= 15 is 0 Å². The van der Waals surface area contributed by atoms with Gasteiger partial charge in [0.1, 0.15) is 0 Å². The quantitative estimate of drug-likeness (QED) is 0.175. The molecule has 182 valence electrons. The summed E-state index contributed by atoms with van der Waals surface area (Å²) >= 11 is 12.3. The first kappa shape index (κ1) is 31.3. The Hall–Kier alpha value is 1.33. The Bertz CT molecular complexity index is 519. The highest BCUT2D eigenvalue weighted by molar-refractivity contribution is 8.98. The summed E-state index contributed by atoms with van der Waals surface area (Å²) in [5.74, 6) is 0. The molecular formula is C18H42O6S4Si2. The standard InChI is InChI=1S/C18H42O6S4Si2/c1-9-17(29(19-11-3,20-12-4)21-13-5)27-28(25,26)18(10-2)30(22-14-6,23-15-7)24-16-8/h17-18H,9-16H2,1-8H3. The van der Waals surface area contributed by atoms with Crippen LogP contribution in [0.3, 0.4) is 0 Å². The van der Waals surface area contributed by atoms with E-state index in [0.29, 0.717) is 39.6 Å². The van der Waals surface area contributed by atoms with Crippen LogP contribution >= 0.6 is 10.8 Å². The van der Waals surface area contributed by atoms with Crippen LogP contribution < -0.4 is 0 Å². The molecule has 0 N–H and O–H groups in total. The molecule has 12 heteroatoms. The fourth-order valence-electron chi connectivity index (χ4n) is 3.25. The van der Waals surface area contributed by atoms with E-state index in [9.17, 15) is 0 Å². The van der Waals surface area contributed by atoms with Crippen LogP contribution in [0.1, 0.15) is 68.2 Å². The smallest absolute Gasteiger partial charge is 0.373 e. The zero-order valence-corrected chi connectivity index (χ0v) is 25.2. The summed E-state index contributed by atoms with van der Waals surface area (Å²) in [6, 6.07) is 0. The van der Waals surface area contributed by atoms with Crippen molar-refractivity contribution >= 4 is 57.0 Å². The normalized spacial score (nSPS) is 15.3. The summed E-state index contributed by atoms with van der Waals surface area (Å²) in [6.07, 6.45) is -0.547. The van der Waals surface area contributed by atoms with Crippen LogP contribution in [0.5, 0.6) is 0 Å². The van der Waals surface area contributed by atoms with Crippen molar-refractivity contribution in [2.45, 2.75) is 78.0 Å². The van der Waals surface area contributed by atoms with Gasteiger partial charge in [0.25, 0.3) is 0 Å². The second kappa shape index (κ2) is 16.0. The average molecular weight is 539 g/mol. The van der Waals surface area contributed by atoms with E-state index in [4.69, 9.17) is 48.9 Å². The Morgan fingerprint density at radius 3 is 1.20 bits per heavy atom. The topological polar surface area (TPSA) is 55.4 Å². The number of rotatable bonds is 19. The first-order chi connectivity index (χ1) is 14.2. The third kappa shape index (κ3) is 8.60. The molecule has 0 amide bonds. The number of hydrogen-bond acceptors (Lipinski definition) is 9. The molecule has 0 saturated carbocycles. The lowest BCUT2D eigenvalue weighted by atomic mass is 10.6. The third-order valence-corrected chi connectivity index (χ3v) is 22.8. The second-order valence-corrected chi connectivity index (χ2v) is 22.1. The van der Waals surface area contributed by atoms with Crippen LogP contribution in [0.25, 0.3) is 0 Å². The van der Waals surface area contributed by atoms with Gasteiger partial charge in [-0.05, 0) is 82.9 Å². The van der Waals surface area contributed by atoms with Crippen molar-refractivity contribution in [3.63, 3.8) is 0 Å². The van der Waals surface area contributed by atoms with Crippen molar-refractivity contribution in [1.29, 1.82) is 0 Å². The van der Waals surface area contributed by atoms with E-state index in [1.807, 2.05) is 41.5 Å². The Morgan fingerprint density at radius 2 is 0.933 bits per heavy atom. The van der Waals surface area contributed by atoms with Crippen LogP contribution in [0.4, 0.5) is 0 Å². The first-order valence-electron chi connectivity index (χ1n) is 11.0. The lowest BCUT2D eigenvalue weighted by Gasteiger charge is -2.39. The molecule has 0 spiro atoms. The van der Waals surface area contributed by atoms with E-state index in [1.54, 1.807) is 10.8 Å². The Balaban J connectivity index is 6.17. The summed E-state index contributed by atoms with van der Waals surface area (Å²) in [5.41, 5.74) is 0. The van der Waals surface area contributed by atoms with E-state index < -0.39 is 23.8 Å². The van der Waals surface area contributed by atoms with Crippen LogP contribution in [0, 0.1) is 0 Å². The van der Waals surface area contributed by atoms with Gasteiger partial charge in [-0.3, -0.25) is 0 Å². The van der Waals surface area contributed by atoms with Crippen molar-refractivity contribution in [2.75, 3.05) is 39.6 Å². The van der Waals surface area contributed by atoms with Gasteiger partial charge in [0.15, 0.2) is 0 Å². The first-order valence-corrected chi connectivity index (χ1v) is 19.5. The van der Waals surface area contributed by atoms with Gasteiger partial charge in [-0.25, -0.2) is 0 Å². The van der Waals surface area contributed by atoms with Crippen molar-refractivity contribution in [3.8, 4) is 0 Å². The van der Waals surface area contributed by atoms with Gasteiger partial charge >= 0.3 is 17.6 Å². The van der Waals surface area contributed by atoms with Gasteiger partial charge in [0.05, 0.1) is 9.75 Å². The van der Waals surface area contributed by atoms with E-state index in [0.717, 1.165) is 12.8 Å². The molecule has 0 aromatic heterocycles. The van der Waals surface area contributed by atoms with Crippen LogP contribution in [0.15, 0.2) is 0 Å². The van der Waals surface area contributed by atoms with Gasteiger partial charge in [-0.1, -0.05) is 24.6 Å². The molecule has 0 saturated heterocycles. The highest BCUT2D eigenvalue weighted by Crippen LogP contribution is 2.39. The molecule has 2 atom stereocenters. The summed E-state index contributed by atoms with van der Waals surface area (Å²) in [7, 11) is -4.41. The van der Waals surface area contributed by atoms with Gasteiger partial charge < -0.3 is 26.6 Å². The second-order valence-electron chi connectivity index (χ2n) is 6.19. The maximum Gasteiger partial charge on any atom is 0.516 e. The molecule has 0 aliphatic heterocycles. The van der Waals surface area contributed by atoms with Gasteiger partial charge in [-0.15, -0.1) is 0 Å². The molecule has 0 fully saturated rings. The maximum atomic E-state index is 6.18. The van der Waals surface area contributed by atoms with Crippen LogP contribution in [-0.2, 0) is 55.1 Å². The van der Waals surface area contributed by atoms with Gasteiger partial charge in [-0.2, -0.15) is 0 Å². The zero-order valence-electron chi connectivity index (χ0n) is 19.9. The molecule has 2 unspecified atom stereocenters. The molecule has 0 aliphatic carbocycles. The molecule has 0 rings (SSSR count). The molecule has 0 bridgehead atoms. The monoisotopic (exact) mass is 538 g/mol. The molecule has 30 heavy (non-hydrogen) atoms. The molecule has 0 aromatic rings. The SMILES string of the molecule is CCO[Si](OCC)(OCC)C(CC)SS(=S)(=S)C(CC)[Si](OCC)(OCC)OCC. The minimum atomic E-state index is -3.05. The third-order valence-electron chi connectivity index (χ3n) is 4.20. The van der Waals surface area contributed by atoms with Crippen molar-refractivity contribution < 1.29 is 26.6 Å². The Morgan fingerprint density at radius 1 is 0.600 bits per heavy atom. The van der Waals surface area contributed by atoms with Gasteiger partial charge in [0.2, 0.25) is 0 Å². The average Bonchev–Trinajstić information content (AvgIpc) is 2.67. The van der Waals surface area contributed by atoms with Crippen LogP contribution in [-0.4, -0.2) is 67.0 Å². The fourth-order valence-corrected chi connectivity index (χ4v) is 24.5. The van der Waals surface area contributed by atoms with Gasteiger partial charge in [0, 0.05) is 39.6 Å². The molecule has 0 heterocycles. The maximum absolute atomic E-state index is 6.18. The molecule has 0 aromatic carbocycles. The highest BCUT2D eigenvalue weighted by atomic mass is 33.5. The predicted octanol–water partition coefficient (Wildman–Crippen LogP) is 4.44. The minimum absolute atomic E-state index is 0.0482. The summed E-state index contributed by atoms with van der Waals surface area (Å²) in [5, 5.41) is 0. The van der Waals surface area contributed by atoms with Crippen molar-refractivity contribution in [1.82, 2.24) is 0 Å². The lowest BCUT2D eigenvalue weighted by molar-refractivity contribution is 0.0681. The summed E-state index contributed by atoms with van der Waals surface area (Å²) < 4.78 is 37.0. The molecule has 0 radical (unpaired) electrons. The van der Waals surface area contributed by atoms with E-state index in [-0.39, 0.29) is 9.75 Å². The zero-order chi connectivity index (χ0) is 23.3. The summed E-state index contributed by atoms with van der Waals surface area (Å²) in [4.78, 5) is -0.196. The van der Waals surface area contributed by atoms with E-state index in [2.05, 4.69) is 13.8 Å². The Kier molecular flexibility index (Phi) is 16.8. The fraction of sp³-hybridized carbons (Fsp3) is 1.00. The Labute approximate surface area is 200 Å². The highest BCUT2D eigenvalue weighted by Gasteiger charge is 2.55. The number of hydrogen-bond donors (Lipinski definition) is 0. The van der Waals surface area contributed by atoms with Crippen molar-refractivity contribution in [2.24, 2.45) is 0 Å². The summed E-state index contributed by atoms with van der Waals surface area (Å²) in [6.45, 7) is 19.0. The lowest BCUT2D eigenvalue weighted by Crippen LogP contribution is -2.60. The van der Waals surface area contributed by atoms with E-state index in [1.165, 1.54) is 0 Å². The largest absolute Gasteiger partial charge is 0.516 e. The molecule has 0 aliphatic rings. The van der Waals surface area contributed by atoms with Crippen molar-refractivity contribution in [3.05, 3.63) is 0 Å². The minimum Gasteiger partial charge on any atom is -0.373 e. The van der Waals surface area contributed by atoms with Crippen LogP contribution in [0.2, 0.25) is 0 Å². The predicted molar refractivity (Wildman–Crippen MR) is 139 cm³/mol. The molecule has 6 nitrogen and oxygen atoms in total. The molecular weight excluding hydrogens is 497 g/mol.